The predicted molar refractivity (Wildman–Crippen MR) is 80.7 cm³/mol. The van der Waals surface area contributed by atoms with Crippen molar-refractivity contribution in [2.75, 3.05) is 50.7 Å². The Morgan fingerprint density at radius 1 is 0.947 bits per heavy atom. The molecule has 104 valence electrons. The SMILES string of the molecule is c1ccc(N2CCC(CN3CCNCC3)CC2)cc1. The van der Waals surface area contributed by atoms with Crippen molar-refractivity contribution in [2.45, 2.75) is 12.8 Å². The van der Waals surface area contributed by atoms with Crippen LogP contribution >= 0.6 is 0 Å². The molecular formula is C16H25N3. The van der Waals surface area contributed by atoms with Crippen LogP contribution in [0.2, 0.25) is 0 Å². The summed E-state index contributed by atoms with van der Waals surface area (Å²) in [5.74, 6) is 0.901. The summed E-state index contributed by atoms with van der Waals surface area (Å²) in [6, 6.07) is 10.8. The smallest absolute Gasteiger partial charge is 0.0366 e. The van der Waals surface area contributed by atoms with Crippen LogP contribution in [-0.4, -0.2) is 50.7 Å². The molecule has 2 fully saturated rings. The second-order valence-electron chi connectivity index (χ2n) is 5.82. The Balaban J connectivity index is 1.46. The van der Waals surface area contributed by atoms with Crippen molar-refractivity contribution in [1.82, 2.24) is 10.2 Å². The van der Waals surface area contributed by atoms with Gasteiger partial charge in [0.05, 0.1) is 0 Å². The molecule has 3 nitrogen and oxygen atoms in total. The first-order valence-electron chi connectivity index (χ1n) is 7.65. The van der Waals surface area contributed by atoms with E-state index < -0.39 is 0 Å². The second-order valence-corrected chi connectivity index (χ2v) is 5.82. The van der Waals surface area contributed by atoms with Crippen molar-refractivity contribution in [3.63, 3.8) is 0 Å². The van der Waals surface area contributed by atoms with Gasteiger partial charge in [-0.1, -0.05) is 18.2 Å². The number of nitrogens with zero attached hydrogens (tertiary/aromatic N) is 2. The van der Waals surface area contributed by atoms with E-state index in [-0.39, 0.29) is 0 Å². The number of piperazine rings is 1. The fraction of sp³-hybridized carbons (Fsp3) is 0.625. The molecule has 2 saturated heterocycles. The van der Waals surface area contributed by atoms with Gasteiger partial charge in [0, 0.05) is 51.5 Å². The molecule has 1 aromatic carbocycles. The van der Waals surface area contributed by atoms with E-state index in [4.69, 9.17) is 0 Å². The Kier molecular flexibility index (Phi) is 4.36. The minimum atomic E-state index is 0.901. The van der Waals surface area contributed by atoms with E-state index in [2.05, 4.69) is 45.4 Å². The molecule has 3 rings (SSSR count). The molecule has 1 aromatic rings. The molecule has 0 radical (unpaired) electrons. The Morgan fingerprint density at radius 3 is 2.32 bits per heavy atom. The van der Waals surface area contributed by atoms with Crippen LogP contribution < -0.4 is 10.2 Å². The molecule has 0 bridgehead atoms. The first kappa shape index (κ1) is 12.9. The van der Waals surface area contributed by atoms with E-state index in [0.717, 1.165) is 5.92 Å². The van der Waals surface area contributed by atoms with E-state index in [1.807, 2.05) is 0 Å². The number of benzene rings is 1. The van der Waals surface area contributed by atoms with Crippen LogP contribution in [0, 0.1) is 5.92 Å². The fourth-order valence-electron chi connectivity index (χ4n) is 3.27. The summed E-state index contributed by atoms with van der Waals surface area (Å²) in [5, 5.41) is 3.43. The van der Waals surface area contributed by atoms with Gasteiger partial charge in [-0.2, -0.15) is 0 Å². The largest absolute Gasteiger partial charge is 0.372 e. The van der Waals surface area contributed by atoms with Crippen molar-refractivity contribution in [3.05, 3.63) is 30.3 Å². The van der Waals surface area contributed by atoms with Crippen molar-refractivity contribution in [2.24, 2.45) is 5.92 Å². The van der Waals surface area contributed by atoms with Crippen LogP contribution in [0.1, 0.15) is 12.8 Å². The summed E-state index contributed by atoms with van der Waals surface area (Å²) in [6.07, 6.45) is 2.69. The molecule has 2 heterocycles. The van der Waals surface area contributed by atoms with Gasteiger partial charge in [0.25, 0.3) is 0 Å². The average molecular weight is 259 g/mol. The monoisotopic (exact) mass is 259 g/mol. The predicted octanol–water partition coefficient (Wildman–Crippen LogP) is 1.81. The number of piperidine rings is 1. The third kappa shape index (κ3) is 3.48. The van der Waals surface area contributed by atoms with Gasteiger partial charge in [-0.15, -0.1) is 0 Å². The first-order valence-corrected chi connectivity index (χ1v) is 7.65. The maximum atomic E-state index is 3.43. The van der Waals surface area contributed by atoms with E-state index in [1.54, 1.807) is 0 Å². The van der Waals surface area contributed by atoms with Crippen molar-refractivity contribution < 1.29 is 0 Å². The van der Waals surface area contributed by atoms with Gasteiger partial charge in [0.2, 0.25) is 0 Å². The van der Waals surface area contributed by atoms with Crippen LogP contribution in [0.5, 0.6) is 0 Å². The lowest BCUT2D eigenvalue weighted by molar-refractivity contribution is 0.190. The lowest BCUT2D eigenvalue weighted by Crippen LogP contribution is -2.46. The van der Waals surface area contributed by atoms with E-state index in [9.17, 15) is 0 Å². The minimum Gasteiger partial charge on any atom is -0.372 e. The summed E-state index contributed by atoms with van der Waals surface area (Å²) >= 11 is 0. The molecule has 19 heavy (non-hydrogen) atoms. The molecule has 2 aliphatic heterocycles. The van der Waals surface area contributed by atoms with Gasteiger partial charge in [-0.3, -0.25) is 0 Å². The number of rotatable bonds is 3. The highest BCUT2D eigenvalue weighted by Gasteiger charge is 2.22. The lowest BCUT2D eigenvalue weighted by Gasteiger charge is -2.37. The Morgan fingerprint density at radius 2 is 1.63 bits per heavy atom. The number of hydrogen-bond acceptors (Lipinski definition) is 3. The zero-order chi connectivity index (χ0) is 12.9. The summed E-state index contributed by atoms with van der Waals surface area (Å²) in [5.41, 5.74) is 1.39. The molecule has 3 heteroatoms. The highest BCUT2D eigenvalue weighted by atomic mass is 15.2. The molecule has 2 aliphatic rings. The van der Waals surface area contributed by atoms with Crippen LogP contribution in [0.3, 0.4) is 0 Å². The van der Waals surface area contributed by atoms with Crippen LogP contribution in [0.15, 0.2) is 30.3 Å². The molecule has 0 aliphatic carbocycles. The molecule has 0 unspecified atom stereocenters. The maximum Gasteiger partial charge on any atom is 0.0366 e. The summed E-state index contributed by atoms with van der Waals surface area (Å²) < 4.78 is 0. The Labute approximate surface area is 116 Å². The number of anilines is 1. The lowest BCUT2D eigenvalue weighted by atomic mass is 9.95. The van der Waals surface area contributed by atoms with Gasteiger partial charge >= 0.3 is 0 Å². The zero-order valence-electron chi connectivity index (χ0n) is 11.7. The maximum absolute atomic E-state index is 3.43. The van der Waals surface area contributed by atoms with Crippen LogP contribution in [0.4, 0.5) is 5.69 Å². The van der Waals surface area contributed by atoms with Gasteiger partial charge in [-0.25, -0.2) is 0 Å². The van der Waals surface area contributed by atoms with Crippen molar-refractivity contribution in [1.29, 1.82) is 0 Å². The number of hydrogen-bond donors (Lipinski definition) is 1. The quantitative estimate of drug-likeness (QED) is 0.893. The highest BCUT2D eigenvalue weighted by molar-refractivity contribution is 5.46. The minimum absolute atomic E-state index is 0.901. The van der Waals surface area contributed by atoms with Crippen LogP contribution in [-0.2, 0) is 0 Å². The number of nitrogens with one attached hydrogen (secondary N) is 1. The molecular weight excluding hydrogens is 234 g/mol. The van der Waals surface area contributed by atoms with Crippen molar-refractivity contribution in [3.8, 4) is 0 Å². The van der Waals surface area contributed by atoms with E-state index in [0.29, 0.717) is 0 Å². The standard InChI is InChI=1S/C16H25N3/c1-2-4-16(5-3-1)19-10-6-15(7-11-19)14-18-12-8-17-9-13-18/h1-5,15,17H,6-14H2. The molecule has 0 atom stereocenters. The fourth-order valence-corrected chi connectivity index (χ4v) is 3.27. The topological polar surface area (TPSA) is 18.5 Å². The van der Waals surface area contributed by atoms with Gasteiger partial charge < -0.3 is 15.1 Å². The number of para-hydroxylation sites is 1. The van der Waals surface area contributed by atoms with Gasteiger partial charge in [0.15, 0.2) is 0 Å². The summed E-state index contributed by atoms with van der Waals surface area (Å²) in [6.45, 7) is 8.56. The average Bonchev–Trinajstić information content (AvgIpc) is 2.50. The first-order chi connectivity index (χ1) is 9.42. The van der Waals surface area contributed by atoms with E-state index in [1.165, 1.54) is 64.3 Å². The van der Waals surface area contributed by atoms with Crippen molar-refractivity contribution >= 4 is 5.69 Å². The zero-order valence-corrected chi connectivity index (χ0v) is 11.7. The van der Waals surface area contributed by atoms with Gasteiger partial charge in [0.1, 0.15) is 0 Å². The molecule has 0 saturated carbocycles. The normalized spacial score (nSPS) is 22.6. The molecule has 0 amide bonds. The summed E-state index contributed by atoms with van der Waals surface area (Å²) in [4.78, 5) is 5.17. The second kappa shape index (κ2) is 6.40. The summed E-state index contributed by atoms with van der Waals surface area (Å²) in [7, 11) is 0. The van der Waals surface area contributed by atoms with Gasteiger partial charge in [-0.05, 0) is 30.9 Å². The van der Waals surface area contributed by atoms with E-state index >= 15 is 0 Å². The Bertz CT molecular complexity index is 365. The van der Waals surface area contributed by atoms with Crippen LogP contribution in [0.25, 0.3) is 0 Å². The third-order valence-corrected chi connectivity index (χ3v) is 4.46. The molecule has 1 N–H and O–H groups in total. The Hall–Kier alpha value is -1.06. The highest BCUT2D eigenvalue weighted by Crippen LogP contribution is 2.23. The third-order valence-electron chi connectivity index (χ3n) is 4.46. The molecule has 0 spiro atoms. The molecule has 0 aromatic heterocycles.